The fourth-order valence-corrected chi connectivity index (χ4v) is 4.09. The van der Waals surface area contributed by atoms with Crippen LogP contribution in [-0.2, 0) is 14.3 Å². The van der Waals surface area contributed by atoms with Crippen LogP contribution < -0.4 is 11.1 Å². The molecule has 4 atom stereocenters. The highest BCUT2D eigenvalue weighted by atomic mass is 32.2. The number of nitrogens with two attached hydrogens (primary N) is 1. The van der Waals surface area contributed by atoms with Gasteiger partial charge in [-0.1, -0.05) is 13.8 Å². The van der Waals surface area contributed by atoms with Crippen molar-refractivity contribution in [2.75, 3.05) is 18.6 Å². The van der Waals surface area contributed by atoms with Crippen LogP contribution in [0.2, 0.25) is 0 Å². The summed E-state index contributed by atoms with van der Waals surface area (Å²) >= 11 is 1.55. The number of hydrogen-bond acceptors (Lipinski definition) is 5. The van der Waals surface area contributed by atoms with Gasteiger partial charge in [-0.2, -0.15) is 11.8 Å². The van der Waals surface area contributed by atoms with E-state index in [1.165, 1.54) is 0 Å². The minimum absolute atomic E-state index is 0.0114. The molecule has 2 fully saturated rings. The molecule has 0 aromatic carbocycles. The molecule has 1 amide bonds. The summed E-state index contributed by atoms with van der Waals surface area (Å²) < 4.78 is 5.65. The number of fused-ring (bicyclic) bond motifs is 1. The van der Waals surface area contributed by atoms with Gasteiger partial charge >= 0.3 is 5.97 Å². The second-order valence-corrected chi connectivity index (χ2v) is 7.41. The van der Waals surface area contributed by atoms with E-state index in [9.17, 15) is 14.7 Å². The van der Waals surface area contributed by atoms with Crippen LogP contribution in [-0.4, -0.2) is 53.3 Å². The molecule has 1 aliphatic heterocycles. The van der Waals surface area contributed by atoms with Crippen molar-refractivity contribution >= 4 is 23.6 Å². The molecule has 6 nitrogen and oxygen atoms in total. The number of carboxylic acids is 1. The molecule has 21 heavy (non-hydrogen) atoms. The molecule has 0 aromatic rings. The number of hydrogen-bond donors (Lipinski definition) is 3. The summed E-state index contributed by atoms with van der Waals surface area (Å²) in [5, 5.41) is 11.9. The van der Waals surface area contributed by atoms with Gasteiger partial charge in [0.1, 0.15) is 11.6 Å². The van der Waals surface area contributed by atoms with Gasteiger partial charge in [-0.05, 0) is 24.9 Å². The SMILES string of the molecule is CSCC[C@H](NC(=O)C1(N)C2CCOC2C1(C)C)C(=O)O. The third-order valence-corrected chi connectivity index (χ3v) is 5.69. The van der Waals surface area contributed by atoms with Crippen LogP contribution in [0.5, 0.6) is 0 Å². The van der Waals surface area contributed by atoms with E-state index in [0.29, 0.717) is 18.8 Å². The second kappa shape index (κ2) is 5.78. The number of carbonyl (C=O) groups is 2. The Kier molecular flexibility index (Phi) is 4.56. The molecule has 0 bridgehead atoms. The Labute approximate surface area is 129 Å². The summed E-state index contributed by atoms with van der Waals surface area (Å²) in [6.45, 7) is 4.44. The van der Waals surface area contributed by atoms with E-state index in [4.69, 9.17) is 10.5 Å². The van der Waals surface area contributed by atoms with E-state index in [1.54, 1.807) is 11.8 Å². The maximum atomic E-state index is 12.6. The highest BCUT2D eigenvalue weighted by Gasteiger charge is 2.71. The van der Waals surface area contributed by atoms with Gasteiger partial charge in [-0.15, -0.1) is 0 Å². The van der Waals surface area contributed by atoms with Crippen LogP contribution in [0.4, 0.5) is 0 Å². The second-order valence-electron chi connectivity index (χ2n) is 6.42. The van der Waals surface area contributed by atoms with Gasteiger partial charge in [0.25, 0.3) is 0 Å². The number of ether oxygens (including phenoxy) is 1. The van der Waals surface area contributed by atoms with Crippen LogP contribution >= 0.6 is 11.8 Å². The van der Waals surface area contributed by atoms with Gasteiger partial charge in [-0.3, -0.25) is 4.79 Å². The number of carboxylic acid groups (broad SMARTS) is 1. The van der Waals surface area contributed by atoms with Crippen molar-refractivity contribution in [3.63, 3.8) is 0 Å². The molecule has 7 heteroatoms. The minimum atomic E-state index is -1.05. The maximum absolute atomic E-state index is 12.6. The molecular weight excluding hydrogens is 292 g/mol. The van der Waals surface area contributed by atoms with Gasteiger partial charge in [0.05, 0.1) is 6.10 Å². The smallest absolute Gasteiger partial charge is 0.326 e. The van der Waals surface area contributed by atoms with Crippen LogP contribution in [0.25, 0.3) is 0 Å². The predicted molar refractivity (Wildman–Crippen MR) is 81.1 cm³/mol. The maximum Gasteiger partial charge on any atom is 0.326 e. The van der Waals surface area contributed by atoms with Gasteiger partial charge in [0.15, 0.2) is 0 Å². The molecule has 0 aromatic heterocycles. The number of carbonyl (C=O) groups excluding carboxylic acids is 1. The molecule has 0 spiro atoms. The molecule has 4 N–H and O–H groups in total. The molecular formula is C14H24N2O4S. The van der Waals surface area contributed by atoms with E-state index >= 15 is 0 Å². The number of amides is 1. The molecule has 2 rings (SSSR count). The molecule has 1 aliphatic carbocycles. The van der Waals surface area contributed by atoms with Crippen molar-refractivity contribution < 1.29 is 19.4 Å². The average molecular weight is 316 g/mol. The van der Waals surface area contributed by atoms with Crippen molar-refractivity contribution in [2.24, 2.45) is 17.1 Å². The Morgan fingerprint density at radius 3 is 2.76 bits per heavy atom. The number of nitrogens with one attached hydrogen (secondary N) is 1. The predicted octanol–water partition coefficient (Wildman–Crippen LogP) is 0.451. The first-order valence-corrected chi connectivity index (χ1v) is 8.59. The Morgan fingerprint density at radius 1 is 1.52 bits per heavy atom. The third-order valence-electron chi connectivity index (χ3n) is 5.04. The standard InChI is InChI=1S/C14H24N2O4S/c1-13(2)10-8(4-6-20-10)14(13,15)12(19)16-9(11(17)18)5-7-21-3/h8-10H,4-7,15H2,1-3H3,(H,16,19)(H,17,18)/t8?,9-,10?,14?/m0/s1. The number of aliphatic carboxylic acids is 1. The first-order chi connectivity index (χ1) is 9.76. The quantitative estimate of drug-likeness (QED) is 0.658. The van der Waals surface area contributed by atoms with Crippen molar-refractivity contribution in [1.82, 2.24) is 5.32 Å². The van der Waals surface area contributed by atoms with E-state index < -0.39 is 23.0 Å². The summed E-state index contributed by atoms with van der Waals surface area (Å²) in [6, 6.07) is -0.887. The van der Waals surface area contributed by atoms with Crippen LogP contribution in [0, 0.1) is 11.3 Å². The molecule has 1 heterocycles. The van der Waals surface area contributed by atoms with Crippen molar-refractivity contribution in [3.8, 4) is 0 Å². The van der Waals surface area contributed by atoms with E-state index in [0.717, 1.165) is 6.42 Å². The first kappa shape index (κ1) is 16.6. The van der Waals surface area contributed by atoms with Crippen LogP contribution in [0.1, 0.15) is 26.7 Å². The Bertz CT molecular complexity index is 443. The molecule has 1 saturated heterocycles. The zero-order valence-electron chi connectivity index (χ0n) is 12.7. The highest BCUT2D eigenvalue weighted by Crippen LogP contribution is 2.58. The van der Waals surface area contributed by atoms with Gasteiger partial charge < -0.3 is 20.9 Å². The zero-order chi connectivity index (χ0) is 15.8. The molecule has 0 radical (unpaired) electrons. The lowest BCUT2D eigenvalue weighted by molar-refractivity contribution is -0.176. The summed E-state index contributed by atoms with van der Waals surface area (Å²) in [7, 11) is 0. The number of thioether (sulfide) groups is 1. The summed E-state index contributed by atoms with van der Waals surface area (Å²) in [5.41, 5.74) is 4.86. The fourth-order valence-electron chi connectivity index (χ4n) is 3.62. The Hall–Kier alpha value is -0.790. The first-order valence-electron chi connectivity index (χ1n) is 7.20. The minimum Gasteiger partial charge on any atom is -0.480 e. The lowest BCUT2D eigenvalue weighted by Gasteiger charge is -2.60. The summed E-state index contributed by atoms with van der Waals surface area (Å²) in [6.07, 6.45) is 3.03. The molecule has 1 saturated carbocycles. The molecule has 120 valence electrons. The zero-order valence-corrected chi connectivity index (χ0v) is 13.5. The lowest BCUT2D eigenvalue weighted by atomic mass is 9.48. The molecule has 2 aliphatic rings. The Morgan fingerprint density at radius 2 is 2.19 bits per heavy atom. The van der Waals surface area contributed by atoms with Gasteiger partial charge in [0, 0.05) is 17.9 Å². The largest absolute Gasteiger partial charge is 0.480 e. The highest BCUT2D eigenvalue weighted by molar-refractivity contribution is 7.98. The average Bonchev–Trinajstić information content (AvgIpc) is 2.90. The molecule has 3 unspecified atom stereocenters. The van der Waals surface area contributed by atoms with E-state index in [-0.39, 0.29) is 17.9 Å². The monoisotopic (exact) mass is 316 g/mol. The van der Waals surface area contributed by atoms with Crippen molar-refractivity contribution in [1.29, 1.82) is 0 Å². The van der Waals surface area contributed by atoms with Crippen molar-refractivity contribution in [3.05, 3.63) is 0 Å². The summed E-state index contributed by atoms with van der Waals surface area (Å²) in [5.74, 6) is -0.736. The topological polar surface area (TPSA) is 102 Å². The van der Waals surface area contributed by atoms with Gasteiger partial charge in [-0.25, -0.2) is 4.79 Å². The van der Waals surface area contributed by atoms with Crippen LogP contribution in [0.15, 0.2) is 0 Å². The normalized spacial score (nSPS) is 34.7. The van der Waals surface area contributed by atoms with Gasteiger partial charge in [0.2, 0.25) is 5.91 Å². The van der Waals surface area contributed by atoms with E-state index in [2.05, 4.69) is 5.32 Å². The summed E-state index contributed by atoms with van der Waals surface area (Å²) in [4.78, 5) is 23.9. The lowest BCUT2D eigenvalue weighted by Crippen LogP contribution is -2.80. The van der Waals surface area contributed by atoms with Crippen molar-refractivity contribution in [2.45, 2.75) is 44.4 Å². The Balaban J connectivity index is 2.09. The van der Waals surface area contributed by atoms with Crippen LogP contribution in [0.3, 0.4) is 0 Å². The third kappa shape index (κ3) is 2.45. The van der Waals surface area contributed by atoms with E-state index in [1.807, 2.05) is 20.1 Å². The number of rotatable bonds is 6. The fraction of sp³-hybridized carbons (Fsp3) is 0.857.